The van der Waals surface area contributed by atoms with Gasteiger partial charge < -0.3 is 16.0 Å². The van der Waals surface area contributed by atoms with E-state index in [0.29, 0.717) is 32.0 Å². The number of hydrogen-bond acceptors (Lipinski definition) is 4. The fourth-order valence-corrected chi connectivity index (χ4v) is 3.82. The van der Waals surface area contributed by atoms with E-state index in [4.69, 9.17) is 5.73 Å². The first-order valence-electron chi connectivity index (χ1n) is 8.81. The summed E-state index contributed by atoms with van der Waals surface area (Å²) in [7, 11) is 0. The summed E-state index contributed by atoms with van der Waals surface area (Å²) >= 11 is 1.71. The Balaban J connectivity index is 1.69. The molecule has 1 aromatic heterocycles. The van der Waals surface area contributed by atoms with Crippen LogP contribution in [0, 0.1) is 11.8 Å². The number of carbonyl (C=O) groups excluding carboxylic acids is 2. The molecule has 0 aromatic carbocycles. The van der Waals surface area contributed by atoms with E-state index in [-0.39, 0.29) is 17.7 Å². The Labute approximate surface area is 148 Å². The zero-order valence-corrected chi connectivity index (χ0v) is 15.5. The van der Waals surface area contributed by atoms with Gasteiger partial charge in [-0.1, -0.05) is 19.9 Å². The largest absolute Gasteiger partial charge is 0.355 e. The van der Waals surface area contributed by atoms with E-state index in [0.717, 1.165) is 19.3 Å². The Morgan fingerprint density at radius 3 is 2.67 bits per heavy atom. The van der Waals surface area contributed by atoms with E-state index in [1.165, 1.54) is 4.88 Å². The summed E-state index contributed by atoms with van der Waals surface area (Å²) in [6.07, 6.45) is 3.04. The Hall–Kier alpha value is -1.40. The highest BCUT2D eigenvalue weighted by molar-refractivity contribution is 7.09. The van der Waals surface area contributed by atoms with Gasteiger partial charge in [0, 0.05) is 30.4 Å². The lowest BCUT2D eigenvalue weighted by atomic mass is 9.94. The predicted molar refractivity (Wildman–Crippen MR) is 97.8 cm³/mol. The second kappa shape index (κ2) is 9.18. The first-order chi connectivity index (χ1) is 11.5. The Morgan fingerprint density at radius 1 is 1.38 bits per heavy atom. The van der Waals surface area contributed by atoms with Gasteiger partial charge in [-0.2, -0.15) is 0 Å². The number of nitrogens with two attached hydrogens (primary N) is 1. The minimum Gasteiger partial charge on any atom is -0.355 e. The smallest absolute Gasteiger partial charge is 0.239 e. The van der Waals surface area contributed by atoms with Gasteiger partial charge in [0.05, 0.1) is 6.04 Å². The van der Waals surface area contributed by atoms with Crippen molar-refractivity contribution in [2.75, 3.05) is 19.6 Å². The Morgan fingerprint density at radius 2 is 2.08 bits per heavy atom. The lowest BCUT2D eigenvalue weighted by molar-refractivity contribution is -0.137. The molecule has 2 heterocycles. The minimum atomic E-state index is -0.416. The molecule has 2 rings (SSSR count). The number of thiophene rings is 1. The van der Waals surface area contributed by atoms with Crippen molar-refractivity contribution < 1.29 is 9.59 Å². The molecule has 1 aliphatic rings. The van der Waals surface area contributed by atoms with Crippen LogP contribution in [0.2, 0.25) is 0 Å². The van der Waals surface area contributed by atoms with Crippen LogP contribution in [0.5, 0.6) is 0 Å². The molecule has 0 spiro atoms. The number of nitrogens with zero attached hydrogens (tertiary/aromatic N) is 1. The van der Waals surface area contributed by atoms with Crippen molar-refractivity contribution in [3.8, 4) is 0 Å². The van der Waals surface area contributed by atoms with Crippen molar-refractivity contribution in [1.82, 2.24) is 10.2 Å². The lowest BCUT2D eigenvalue weighted by Gasteiger charge is -2.33. The van der Waals surface area contributed by atoms with Crippen LogP contribution >= 0.6 is 11.3 Å². The molecule has 3 N–H and O–H groups in total. The molecule has 1 aliphatic heterocycles. The summed E-state index contributed by atoms with van der Waals surface area (Å²) in [6, 6.07) is 3.70. The van der Waals surface area contributed by atoms with Crippen LogP contribution in [0.4, 0.5) is 0 Å². The van der Waals surface area contributed by atoms with Gasteiger partial charge in [0.1, 0.15) is 0 Å². The molecular formula is C18H29N3O2S. The molecule has 1 aromatic rings. The third-order valence-electron chi connectivity index (χ3n) is 4.47. The van der Waals surface area contributed by atoms with E-state index in [1.54, 1.807) is 11.3 Å². The maximum atomic E-state index is 12.3. The second-order valence-electron chi connectivity index (χ2n) is 6.96. The van der Waals surface area contributed by atoms with Gasteiger partial charge in [0.25, 0.3) is 0 Å². The molecule has 0 radical (unpaired) electrons. The number of rotatable bonds is 7. The predicted octanol–water partition coefficient (Wildman–Crippen LogP) is 2.02. The van der Waals surface area contributed by atoms with Crippen LogP contribution in [-0.2, 0) is 16.0 Å². The average Bonchev–Trinajstić information content (AvgIpc) is 3.07. The molecule has 6 heteroatoms. The molecular weight excluding hydrogens is 322 g/mol. The van der Waals surface area contributed by atoms with Crippen LogP contribution in [0.15, 0.2) is 17.5 Å². The number of nitrogens with one attached hydrogen (secondary N) is 1. The number of piperidine rings is 1. The Kier molecular flexibility index (Phi) is 7.24. The van der Waals surface area contributed by atoms with E-state index < -0.39 is 6.04 Å². The van der Waals surface area contributed by atoms with E-state index in [1.807, 2.05) is 16.3 Å². The third-order valence-corrected chi connectivity index (χ3v) is 5.41. The molecule has 1 fully saturated rings. The molecule has 0 saturated carbocycles. The van der Waals surface area contributed by atoms with Crippen molar-refractivity contribution in [1.29, 1.82) is 0 Å². The number of amides is 2. The van der Waals surface area contributed by atoms with Gasteiger partial charge in [-0.25, -0.2) is 0 Å². The zero-order valence-electron chi connectivity index (χ0n) is 14.7. The highest BCUT2D eigenvalue weighted by atomic mass is 32.1. The molecule has 24 heavy (non-hydrogen) atoms. The normalized spacial score (nSPS) is 17.1. The van der Waals surface area contributed by atoms with Crippen molar-refractivity contribution in [2.45, 2.75) is 45.6 Å². The fourth-order valence-electron chi connectivity index (χ4n) is 3.11. The minimum absolute atomic E-state index is 0.0127. The maximum absolute atomic E-state index is 12.3. The number of likely N-dealkylation sites (tertiary alicyclic amines) is 1. The van der Waals surface area contributed by atoms with Crippen molar-refractivity contribution >= 4 is 23.2 Å². The standard InChI is InChI=1S/C18H29N3O2S/c1-13(2)12-16(19)18(23)21-9-6-14(7-10-21)17(22)20-8-5-15-4-3-11-24-15/h3-4,11,13-14,16H,5-10,12,19H2,1-2H3,(H,20,22)/t16-/m0/s1. The molecule has 2 amide bonds. The van der Waals surface area contributed by atoms with Crippen LogP contribution in [-0.4, -0.2) is 42.4 Å². The van der Waals surface area contributed by atoms with Crippen LogP contribution in [0.3, 0.4) is 0 Å². The van der Waals surface area contributed by atoms with E-state index in [2.05, 4.69) is 25.2 Å². The lowest BCUT2D eigenvalue weighted by Crippen LogP contribution is -2.49. The van der Waals surface area contributed by atoms with Crippen molar-refractivity contribution in [2.24, 2.45) is 17.6 Å². The summed E-state index contributed by atoms with van der Waals surface area (Å²) in [4.78, 5) is 27.7. The van der Waals surface area contributed by atoms with Crippen LogP contribution in [0.1, 0.15) is 38.0 Å². The summed E-state index contributed by atoms with van der Waals surface area (Å²) < 4.78 is 0. The second-order valence-corrected chi connectivity index (χ2v) is 7.99. The van der Waals surface area contributed by atoms with Crippen LogP contribution < -0.4 is 11.1 Å². The molecule has 134 valence electrons. The maximum Gasteiger partial charge on any atom is 0.239 e. The molecule has 0 aliphatic carbocycles. The molecule has 5 nitrogen and oxygen atoms in total. The van der Waals surface area contributed by atoms with E-state index >= 15 is 0 Å². The highest BCUT2D eigenvalue weighted by Gasteiger charge is 2.29. The van der Waals surface area contributed by atoms with Gasteiger partial charge in [0.15, 0.2) is 0 Å². The van der Waals surface area contributed by atoms with Crippen molar-refractivity contribution in [3.05, 3.63) is 22.4 Å². The summed E-state index contributed by atoms with van der Waals surface area (Å²) in [6.45, 7) is 6.08. The molecule has 1 saturated heterocycles. The third kappa shape index (κ3) is 5.60. The summed E-state index contributed by atoms with van der Waals surface area (Å²) in [5.74, 6) is 0.569. The summed E-state index contributed by atoms with van der Waals surface area (Å²) in [5, 5.41) is 5.07. The highest BCUT2D eigenvalue weighted by Crippen LogP contribution is 2.19. The van der Waals surface area contributed by atoms with Crippen LogP contribution in [0.25, 0.3) is 0 Å². The van der Waals surface area contributed by atoms with Gasteiger partial charge in [0.2, 0.25) is 11.8 Å². The number of carbonyl (C=O) groups is 2. The van der Waals surface area contributed by atoms with Gasteiger partial charge in [-0.15, -0.1) is 11.3 Å². The zero-order chi connectivity index (χ0) is 17.5. The quantitative estimate of drug-likeness (QED) is 0.789. The number of hydrogen-bond donors (Lipinski definition) is 2. The first-order valence-corrected chi connectivity index (χ1v) is 9.69. The van der Waals surface area contributed by atoms with Gasteiger partial charge in [-0.3, -0.25) is 9.59 Å². The average molecular weight is 352 g/mol. The first kappa shape index (κ1) is 18.9. The van der Waals surface area contributed by atoms with E-state index in [9.17, 15) is 9.59 Å². The van der Waals surface area contributed by atoms with Gasteiger partial charge >= 0.3 is 0 Å². The molecule has 0 unspecified atom stereocenters. The Bertz CT molecular complexity index is 522. The summed E-state index contributed by atoms with van der Waals surface area (Å²) in [5.41, 5.74) is 5.99. The fraction of sp³-hybridized carbons (Fsp3) is 0.667. The SMILES string of the molecule is CC(C)C[C@H](N)C(=O)N1CCC(C(=O)NCCc2cccs2)CC1. The monoisotopic (exact) mass is 351 g/mol. The van der Waals surface area contributed by atoms with Gasteiger partial charge in [-0.05, 0) is 43.0 Å². The molecule has 1 atom stereocenters. The topological polar surface area (TPSA) is 75.4 Å². The molecule has 0 bridgehead atoms. The van der Waals surface area contributed by atoms with Crippen molar-refractivity contribution in [3.63, 3.8) is 0 Å².